The molecule has 0 spiro atoms. The Morgan fingerprint density at radius 3 is 2.69 bits per heavy atom. The molecule has 1 rings (SSSR count). The van der Waals surface area contributed by atoms with Gasteiger partial charge in [-0.2, -0.15) is 0 Å². The van der Waals surface area contributed by atoms with Crippen LogP contribution in [0.1, 0.15) is 23.7 Å². The maximum atomic E-state index is 9.77. The summed E-state index contributed by atoms with van der Waals surface area (Å²) >= 11 is 4.84. The molecule has 0 aliphatic rings. The highest BCUT2D eigenvalue weighted by molar-refractivity contribution is 9.11. The molecule has 0 aromatic carbocycles. The smallest absolute Gasteiger partial charge is 0.123 e. The van der Waals surface area contributed by atoms with Crippen LogP contribution in [0.5, 0.6) is 0 Å². The highest BCUT2D eigenvalue weighted by Crippen LogP contribution is 2.30. The molecular formula is C8H13BrN2OS. The maximum absolute atomic E-state index is 9.77. The summed E-state index contributed by atoms with van der Waals surface area (Å²) in [6, 6.07) is 0. The number of aryl methyl sites for hydroxylation is 1. The second kappa shape index (κ2) is 4.50. The fraction of sp³-hybridized carbons (Fsp3) is 0.625. The van der Waals surface area contributed by atoms with Crippen molar-refractivity contribution in [1.29, 1.82) is 0 Å². The van der Waals surface area contributed by atoms with Crippen LogP contribution < -0.4 is 5.73 Å². The Labute approximate surface area is 90.1 Å². The van der Waals surface area contributed by atoms with Crippen molar-refractivity contribution in [3.05, 3.63) is 14.5 Å². The number of rotatable bonds is 3. The van der Waals surface area contributed by atoms with Gasteiger partial charge >= 0.3 is 0 Å². The monoisotopic (exact) mass is 264 g/mol. The van der Waals surface area contributed by atoms with E-state index < -0.39 is 6.10 Å². The highest BCUT2D eigenvalue weighted by Gasteiger charge is 2.19. The topological polar surface area (TPSA) is 59.1 Å². The average Bonchev–Trinajstić information content (AvgIpc) is 2.44. The number of aliphatic hydroxyl groups excluding tert-OH is 1. The lowest BCUT2D eigenvalue weighted by Crippen LogP contribution is -2.18. The molecule has 5 heteroatoms. The molecule has 1 aromatic rings. The molecule has 3 N–H and O–H groups in total. The van der Waals surface area contributed by atoms with Gasteiger partial charge in [0.25, 0.3) is 0 Å². The number of nitrogens with zero attached hydrogens (tertiary/aromatic N) is 1. The van der Waals surface area contributed by atoms with Crippen LogP contribution in [-0.4, -0.2) is 16.6 Å². The molecule has 0 saturated heterocycles. The number of nitrogens with two attached hydrogens (primary N) is 1. The Bertz CT molecular complexity index is 270. The Kier molecular flexibility index (Phi) is 3.85. The molecule has 0 bridgehead atoms. The van der Waals surface area contributed by atoms with Crippen LogP contribution in [0.3, 0.4) is 0 Å². The average molecular weight is 265 g/mol. The van der Waals surface area contributed by atoms with Crippen LogP contribution in [0.2, 0.25) is 0 Å². The Morgan fingerprint density at radius 2 is 2.31 bits per heavy atom. The molecule has 0 fully saturated rings. The lowest BCUT2D eigenvalue weighted by atomic mass is 10.1. The summed E-state index contributed by atoms with van der Waals surface area (Å²) in [6.45, 7) is 4.29. The van der Waals surface area contributed by atoms with Crippen molar-refractivity contribution >= 4 is 27.3 Å². The van der Waals surface area contributed by atoms with Gasteiger partial charge in [-0.25, -0.2) is 4.98 Å². The summed E-state index contributed by atoms with van der Waals surface area (Å²) in [4.78, 5) is 4.25. The second-order valence-electron chi connectivity index (χ2n) is 3.07. The van der Waals surface area contributed by atoms with Gasteiger partial charge in [-0.3, -0.25) is 0 Å². The van der Waals surface area contributed by atoms with E-state index in [1.54, 1.807) is 0 Å². The van der Waals surface area contributed by atoms with Crippen molar-refractivity contribution in [1.82, 2.24) is 4.98 Å². The molecule has 1 aromatic heterocycles. The van der Waals surface area contributed by atoms with Crippen LogP contribution in [0.25, 0.3) is 0 Å². The van der Waals surface area contributed by atoms with Crippen LogP contribution >= 0.6 is 27.3 Å². The van der Waals surface area contributed by atoms with Crippen molar-refractivity contribution in [3.63, 3.8) is 0 Å². The number of aromatic nitrogens is 1. The van der Waals surface area contributed by atoms with Crippen molar-refractivity contribution < 1.29 is 5.11 Å². The second-order valence-corrected chi connectivity index (χ2v) is 5.42. The Balaban J connectivity index is 2.82. The molecule has 0 radical (unpaired) electrons. The number of thiazole rings is 1. The van der Waals surface area contributed by atoms with Crippen LogP contribution in [0, 0.1) is 12.8 Å². The van der Waals surface area contributed by atoms with Gasteiger partial charge in [0.05, 0.1) is 9.48 Å². The molecule has 0 saturated carbocycles. The first-order valence-electron chi connectivity index (χ1n) is 4.07. The van der Waals surface area contributed by atoms with Crippen LogP contribution in [0.4, 0.5) is 0 Å². The van der Waals surface area contributed by atoms with Crippen molar-refractivity contribution in [2.45, 2.75) is 20.0 Å². The third-order valence-corrected chi connectivity index (χ3v) is 4.00. The molecular weight excluding hydrogens is 252 g/mol. The predicted octanol–water partition coefficient (Wildman–Crippen LogP) is 1.84. The van der Waals surface area contributed by atoms with E-state index in [-0.39, 0.29) is 5.92 Å². The molecule has 13 heavy (non-hydrogen) atoms. The summed E-state index contributed by atoms with van der Waals surface area (Å²) in [7, 11) is 0. The predicted molar refractivity (Wildman–Crippen MR) is 57.7 cm³/mol. The largest absolute Gasteiger partial charge is 0.386 e. The molecule has 2 atom stereocenters. The maximum Gasteiger partial charge on any atom is 0.123 e. The first-order chi connectivity index (χ1) is 6.06. The van der Waals surface area contributed by atoms with Crippen LogP contribution in [0.15, 0.2) is 3.79 Å². The van der Waals surface area contributed by atoms with Gasteiger partial charge in [0.1, 0.15) is 11.1 Å². The quantitative estimate of drug-likeness (QED) is 0.876. The van der Waals surface area contributed by atoms with Crippen molar-refractivity contribution in [2.75, 3.05) is 6.54 Å². The first-order valence-corrected chi connectivity index (χ1v) is 5.68. The summed E-state index contributed by atoms with van der Waals surface area (Å²) in [6.07, 6.45) is -0.542. The fourth-order valence-electron chi connectivity index (χ4n) is 0.897. The molecule has 1 heterocycles. The number of hydrogen-bond acceptors (Lipinski definition) is 4. The lowest BCUT2D eigenvalue weighted by molar-refractivity contribution is 0.121. The van der Waals surface area contributed by atoms with Crippen molar-refractivity contribution in [2.24, 2.45) is 11.7 Å². The summed E-state index contributed by atoms with van der Waals surface area (Å²) < 4.78 is 0.978. The normalized spacial score (nSPS) is 15.8. The number of aliphatic hydroxyl groups is 1. The van der Waals surface area contributed by atoms with Gasteiger partial charge in [-0.1, -0.05) is 6.92 Å². The van der Waals surface area contributed by atoms with Crippen molar-refractivity contribution in [3.8, 4) is 0 Å². The zero-order valence-electron chi connectivity index (χ0n) is 7.62. The molecule has 3 nitrogen and oxygen atoms in total. The zero-order chi connectivity index (χ0) is 10.0. The van der Waals surface area contributed by atoms with Gasteiger partial charge < -0.3 is 10.8 Å². The van der Waals surface area contributed by atoms with Gasteiger partial charge in [0.2, 0.25) is 0 Å². The Morgan fingerprint density at radius 1 is 1.69 bits per heavy atom. The third kappa shape index (κ3) is 2.49. The van der Waals surface area contributed by atoms with E-state index in [2.05, 4.69) is 20.9 Å². The number of halogens is 1. The van der Waals surface area contributed by atoms with E-state index >= 15 is 0 Å². The SMILES string of the molecule is Cc1nc(C(O)C(C)CN)sc1Br. The minimum atomic E-state index is -0.542. The van der Waals surface area contributed by atoms with Gasteiger partial charge in [0.15, 0.2) is 0 Å². The van der Waals surface area contributed by atoms with Gasteiger partial charge in [-0.05, 0) is 29.4 Å². The summed E-state index contributed by atoms with van der Waals surface area (Å²) in [5, 5.41) is 10.5. The molecule has 0 aliphatic carbocycles. The summed E-state index contributed by atoms with van der Waals surface area (Å²) in [5.41, 5.74) is 6.38. The molecule has 0 aliphatic heterocycles. The standard InChI is InChI=1S/C8H13BrN2OS/c1-4(3-10)6(12)8-11-5(2)7(9)13-8/h4,6,12H,3,10H2,1-2H3. The molecule has 2 unspecified atom stereocenters. The highest BCUT2D eigenvalue weighted by atomic mass is 79.9. The first kappa shape index (κ1) is 11.1. The van der Waals surface area contributed by atoms with Gasteiger partial charge in [-0.15, -0.1) is 11.3 Å². The van der Waals surface area contributed by atoms with E-state index in [0.29, 0.717) is 6.54 Å². The lowest BCUT2D eigenvalue weighted by Gasteiger charge is -2.13. The van der Waals surface area contributed by atoms with E-state index in [9.17, 15) is 5.11 Å². The minimum absolute atomic E-state index is 0.0532. The Hall–Kier alpha value is 0.0300. The van der Waals surface area contributed by atoms with E-state index in [0.717, 1.165) is 14.5 Å². The summed E-state index contributed by atoms with van der Waals surface area (Å²) in [5.74, 6) is 0.0532. The van der Waals surface area contributed by atoms with E-state index in [1.807, 2.05) is 13.8 Å². The van der Waals surface area contributed by atoms with E-state index in [4.69, 9.17) is 5.73 Å². The molecule has 74 valence electrons. The third-order valence-electron chi connectivity index (χ3n) is 1.92. The zero-order valence-corrected chi connectivity index (χ0v) is 10.0. The number of hydrogen-bond donors (Lipinski definition) is 2. The van der Waals surface area contributed by atoms with Crippen LogP contribution in [-0.2, 0) is 0 Å². The van der Waals surface area contributed by atoms with Gasteiger partial charge in [0, 0.05) is 5.92 Å². The molecule has 0 amide bonds. The minimum Gasteiger partial charge on any atom is -0.386 e. The van der Waals surface area contributed by atoms with E-state index in [1.165, 1.54) is 11.3 Å². The fourth-order valence-corrected chi connectivity index (χ4v) is 2.40.